The average molecular weight is 276 g/mol. The first kappa shape index (κ1) is 14.0. The van der Waals surface area contributed by atoms with E-state index in [0.29, 0.717) is 23.9 Å². The number of aromatic nitrogens is 2. The van der Waals surface area contributed by atoms with Gasteiger partial charge in [0.15, 0.2) is 0 Å². The van der Waals surface area contributed by atoms with Gasteiger partial charge >= 0.3 is 5.97 Å². The summed E-state index contributed by atoms with van der Waals surface area (Å²) in [6.45, 7) is 1.84. The van der Waals surface area contributed by atoms with Crippen LogP contribution in [0.2, 0.25) is 0 Å². The summed E-state index contributed by atoms with van der Waals surface area (Å²) in [5.41, 5.74) is 0.797. The summed E-state index contributed by atoms with van der Waals surface area (Å²) < 4.78 is 10.3. The number of hydrogen-bond acceptors (Lipinski definition) is 5. The summed E-state index contributed by atoms with van der Waals surface area (Å²) in [7, 11) is 1.59. The molecule has 1 atom stereocenters. The fraction of sp³-hybridized carbons (Fsp3) is 0.357. The van der Waals surface area contributed by atoms with Crippen molar-refractivity contribution in [1.29, 1.82) is 0 Å². The monoisotopic (exact) mass is 276 g/mol. The van der Waals surface area contributed by atoms with Gasteiger partial charge < -0.3 is 14.4 Å². The van der Waals surface area contributed by atoms with Gasteiger partial charge in [-0.3, -0.25) is 4.79 Å². The third-order valence-electron chi connectivity index (χ3n) is 2.84. The lowest BCUT2D eigenvalue weighted by atomic mass is 10.0. The second-order valence-corrected chi connectivity index (χ2v) is 4.65. The van der Waals surface area contributed by atoms with E-state index in [1.165, 1.54) is 0 Å². The Kier molecular flexibility index (Phi) is 4.34. The van der Waals surface area contributed by atoms with Gasteiger partial charge in [-0.15, -0.1) is 0 Å². The van der Waals surface area contributed by atoms with Gasteiger partial charge in [-0.2, -0.15) is 4.98 Å². The molecule has 0 radical (unpaired) electrons. The summed E-state index contributed by atoms with van der Waals surface area (Å²) >= 11 is 0. The van der Waals surface area contributed by atoms with E-state index in [1.807, 2.05) is 31.2 Å². The van der Waals surface area contributed by atoms with E-state index in [4.69, 9.17) is 14.4 Å². The second-order valence-electron chi connectivity index (χ2n) is 4.65. The maximum atomic E-state index is 10.6. The van der Waals surface area contributed by atoms with Crippen LogP contribution >= 0.6 is 0 Å². The van der Waals surface area contributed by atoms with Gasteiger partial charge in [-0.1, -0.05) is 24.2 Å². The SMILES string of the molecule is COc1cccc(-c2noc(CC(C)CC(=O)O)n2)c1. The Labute approximate surface area is 116 Å². The predicted molar refractivity (Wildman–Crippen MR) is 71.4 cm³/mol. The summed E-state index contributed by atoms with van der Waals surface area (Å²) in [5, 5.41) is 12.6. The van der Waals surface area contributed by atoms with E-state index in [2.05, 4.69) is 10.1 Å². The molecule has 6 nitrogen and oxygen atoms in total. The van der Waals surface area contributed by atoms with E-state index < -0.39 is 5.97 Å². The largest absolute Gasteiger partial charge is 0.497 e. The van der Waals surface area contributed by atoms with Gasteiger partial charge in [0.05, 0.1) is 7.11 Å². The second kappa shape index (κ2) is 6.18. The van der Waals surface area contributed by atoms with Crippen LogP contribution in [0.25, 0.3) is 11.4 Å². The van der Waals surface area contributed by atoms with Gasteiger partial charge in [-0.25, -0.2) is 0 Å². The molecule has 20 heavy (non-hydrogen) atoms. The third-order valence-corrected chi connectivity index (χ3v) is 2.84. The molecule has 0 saturated heterocycles. The Hall–Kier alpha value is -2.37. The van der Waals surface area contributed by atoms with Crippen molar-refractivity contribution in [2.24, 2.45) is 5.92 Å². The van der Waals surface area contributed by atoms with Crippen LogP contribution in [0.4, 0.5) is 0 Å². The van der Waals surface area contributed by atoms with E-state index in [1.54, 1.807) is 7.11 Å². The van der Waals surface area contributed by atoms with Crippen molar-refractivity contribution in [1.82, 2.24) is 10.1 Å². The van der Waals surface area contributed by atoms with Crippen molar-refractivity contribution in [2.45, 2.75) is 19.8 Å². The molecule has 2 rings (SSSR count). The van der Waals surface area contributed by atoms with Crippen molar-refractivity contribution in [2.75, 3.05) is 7.11 Å². The fourth-order valence-electron chi connectivity index (χ4n) is 1.89. The summed E-state index contributed by atoms with van der Waals surface area (Å²) in [5.74, 6) is 0.752. The molecule has 0 amide bonds. The molecule has 0 fully saturated rings. The Morgan fingerprint density at radius 2 is 2.30 bits per heavy atom. The highest BCUT2D eigenvalue weighted by molar-refractivity contribution is 5.67. The van der Waals surface area contributed by atoms with Gasteiger partial charge in [0.1, 0.15) is 5.75 Å². The number of rotatable bonds is 6. The molecule has 0 spiro atoms. The van der Waals surface area contributed by atoms with Crippen LogP contribution in [-0.4, -0.2) is 28.3 Å². The molecule has 0 bridgehead atoms. The van der Waals surface area contributed by atoms with E-state index in [0.717, 1.165) is 5.56 Å². The summed E-state index contributed by atoms with van der Waals surface area (Å²) in [4.78, 5) is 14.9. The highest BCUT2D eigenvalue weighted by Gasteiger charge is 2.14. The zero-order chi connectivity index (χ0) is 14.5. The molecule has 2 aromatic rings. The minimum Gasteiger partial charge on any atom is -0.497 e. The molecule has 1 N–H and O–H groups in total. The van der Waals surface area contributed by atoms with E-state index in [9.17, 15) is 4.79 Å². The van der Waals surface area contributed by atoms with Crippen LogP contribution in [0.15, 0.2) is 28.8 Å². The lowest BCUT2D eigenvalue weighted by Crippen LogP contribution is -2.07. The highest BCUT2D eigenvalue weighted by Crippen LogP contribution is 2.22. The van der Waals surface area contributed by atoms with Crippen LogP contribution in [0.3, 0.4) is 0 Å². The zero-order valence-electron chi connectivity index (χ0n) is 11.4. The number of aliphatic carboxylic acids is 1. The molecule has 0 aliphatic heterocycles. The Bertz CT molecular complexity index is 594. The predicted octanol–water partition coefficient (Wildman–Crippen LogP) is 2.40. The lowest BCUT2D eigenvalue weighted by Gasteiger charge is -2.03. The molecule has 0 saturated carbocycles. The zero-order valence-corrected chi connectivity index (χ0v) is 11.4. The minimum absolute atomic E-state index is 0.0499. The van der Waals surface area contributed by atoms with E-state index in [-0.39, 0.29) is 12.3 Å². The number of ether oxygens (including phenoxy) is 1. The number of carboxylic acid groups (broad SMARTS) is 1. The van der Waals surface area contributed by atoms with Crippen molar-refractivity contribution in [3.8, 4) is 17.1 Å². The third kappa shape index (κ3) is 3.57. The smallest absolute Gasteiger partial charge is 0.303 e. The molecule has 1 aromatic carbocycles. The fourth-order valence-corrected chi connectivity index (χ4v) is 1.89. The first-order valence-electron chi connectivity index (χ1n) is 6.27. The maximum Gasteiger partial charge on any atom is 0.303 e. The van der Waals surface area contributed by atoms with Crippen LogP contribution < -0.4 is 4.74 Å². The Balaban J connectivity index is 2.10. The van der Waals surface area contributed by atoms with Crippen molar-refractivity contribution < 1.29 is 19.2 Å². The number of hydrogen-bond donors (Lipinski definition) is 1. The Morgan fingerprint density at radius 3 is 3.00 bits per heavy atom. The average Bonchev–Trinajstić information content (AvgIpc) is 2.86. The molecular weight excluding hydrogens is 260 g/mol. The van der Waals surface area contributed by atoms with Gasteiger partial charge in [0.2, 0.25) is 11.7 Å². The first-order valence-corrected chi connectivity index (χ1v) is 6.27. The maximum absolute atomic E-state index is 10.6. The standard InChI is InChI=1S/C14H16N2O4/c1-9(7-13(17)18)6-12-15-14(16-20-12)10-4-3-5-11(8-10)19-2/h3-5,8-9H,6-7H2,1-2H3,(H,17,18). The Morgan fingerprint density at radius 1 is 1.50 bits per heavy atom. The number of nitrogens with zero attached hydrogens (tertiary/aromatic N) is 2. The number of methoxy groups -OCH3 is 1. The quantitative estimate of drug-likeness (QED) is 0.872. The molecular formula is C14H16N2O4. The van der Waals surface area contributed by atoms with Crippen LogP contribution in [0.1, 0.15) is 19.2 Å². The summed E-state index contributed by atoms with van der Waals surface area (Å²) in [6.07, 6.45) is 0.528. The van der Waals surface area contributed by atoms with Crippen LogP contribution in [0.5, 0.6) is 5.75 Å². The first-order chi connectivity index (χ1) is 9.58. The number of carbonyl (C=O) groups is 1. The van der Waals surface area contributed by atoms with Crippen molar-refractivity contribution in [3.05, 3.63) is 30.2 Å². The lowest BCUT2D eigenvalue weighted by molar-refractivity contribution is -0.137. The van der Waals surface area contributed by atoms with Gasteiger partial charge in [0, 0.05) is 18.4 Å². The van der Waals surface area contributed by atoms with Crippen molar-refractivity contribution in [3.63, 3.8) is 0 Å². The molecule has 1 unspecified atom stereocenters. The topological polar surface area (TPSA) is 85.5 Å². The molecule has 1 heterocycles. The number of carboxylic acids is 1. The molecule has 106 valence electrons. The molecule has 0 aliphatic carbocycles. The highest BCUT2D eigenvalue weighted by atomic mass is 16.5. The molecule has 1 aromatic heterocycles. The van der Waals surface area contributed by atoms with E-state index >= 15 is 0 Å². The van der Waals surface area contributed by atoms with Crippen molar-refractivity contribution >= 4 is 5.97 Å². The van der Waals surface area contributed by atoms with Crippen LogP contribution in [0, 0.1) is 5.92 Å². The van der Waals surface area contributed by atoms with Gasteiger partial charge in [0.25, 0.3) is 0 Å². The van der Waals surface area contributed by atoms with Gasteiger partial charge in [-0.05, 0) is 18.1 Å². The number of benzene rings is 1. The molecule has 6 heteroatoms. The minimum atomic E-state index is -0.829. The normalized spacial score (nSPS) is 12.1. The molecule has 0 aliphatic rings. The summed E-state index contributed by atoms with van der Waals surface area (Å²) in [6, 6.07) is 7.35. The van der Waals surface area contributed by atoms with Crippen LogP contribution in [-0.2, 0) is 11.2 Å².